The predicted molar refractivity (Wildman–Crippen MR) is 80.0 cm³/mol. The van der Waals surface area contributed by atoms with Crippen LogP contribution < -0.4 is 11.1 Å². The molecule has 0 saturated heterocycles. The highest BCUT2D eigenvalue weighted by Crippen LogP contribution is 2.50. The molecule has 1 aromatic heterocycles. The van der Waals surface area contributed by atoms with Gasteiger partial charge in [-0.05, 0) is 12.0 Å². The Morgan fingerprint density at radius 1 is 1.55 bits per heavy atom. The number of nitrogens with one attached hydrogen (secondary N) is 1. The standard InChI is InChI=1S/C14H18FN5O2/c1-7-9(3-10(22)14(7,4-15)5-21)20-6-17-11-8(2)18-13(16)19-12(11)20/h6,9-10,21-22H,1-5H2,(H3,16,18,19)/t9-,10-,14-/m0/s1. The van der Waals surface area contributed by atoms with Crippen molar-refractivity contribution in [2.45, 2.75) is 18.6 Å². The lowest BCUT2D eigenvalue weighted by molar-refractivity contribution is 0.0110. The zero-order valence-electron chi connectivity index (χ0n) is 12.0. The van der Waals surface area contributed by atoms with Crippen LogP contribution in [0.5, 0.6) is 0 Å². The molecule has 2 aliphatic rings. The second kappa shape index (κ2) is 4.92. The van der Waals surface area contributed by atoms with E-state index < -0.39 is 30.8 Å². The maximum atomic E-state index is 13.5. The first kappa shape index (κ1) is 14.7. The van der Waals surface area contributed by atoms with Gasteiger partial charge >= 0.3 is 0 Å². The summed E-state index contributed by atoms with van der Waals surface area (Å²) in [6, 6.07) is -0.420. The molecule has 1 aliphatic heterocycles. The van der Waals surface area contributed by atoms with Gasteiger partial charge in [-0.1, -0.05) is 13.2 Å². The van der Waals surface area contributed by atoms with E-state index in [0.717, 1.165) is 0 Å². The Morgan fingerprint density at radius 2 is 2.27 bits per heavy atom. The van der Waals surface area contributed by atoms with Gasteiger partial charge in [-0.2, -0.15) is 4.99 Å². The predicted octanol–water partition coefficient (Wildman–Crippen LogP) is 0.213. The van der Waals surface area contributed by atoms with E-state index in [-0.39, 0.29) is 12.4 Å². The van der Waals surface area contributed by atoms with Gasteiger partial charge in [-0.25, -0.2) is 9.37 Å². The number of hydrogen-bond acceptors (Lipinski definition) is 6. The molecular weight excluding hydrogens is 289 g/mol. The van der Waals surface area contributed by atoms with Crippen molar-refractivity contribution >= 4 is 17.5 Å². The normalized spacial score (nSPS) is 31.0. The first-order chi connectivity index (χ1) is 10.4. The van der Waals surface area contributed by atoms with Gasteiger partial charge in [-0.3, -0.25) is 0 Å². The molecule has 0 bridgehead atoms. The lowest BCUT2D eigenvalue weighted by Gasteiger charge is -2.29. The van der Waals surface area contributed by atoms with Crippen LogP contribution in [0.1, 0.15) is 18.2 Å². The largest absolute Gasteiger partial charge is 0.395 e. The number of guanidine groups is 1. The number of aliphatic hydroxyl groups excluding tert-OH is 2. The van der Waals surface area contributed by atoms with Crippen LogP contribution in [-0.2, 0) is 0 Å². The molecule has 0 unspecified atom stereocenters. The number of nitrogens with zero attached hydrogens (tertiary/aromatic N) is 3. The van der Waals surface area contributed by atoms with Crippen LogP contribution in [0.2, 0.25) is 0 Å². The minimum atomic E-state index is -1.35. The second-order valence-electron chi connectivity index (χ2n) is 5.67. The fraction of sp³-hybridized carbons (Fsp3) is 0.429. The molecule has 0 aromatic carbocycles. The third-order valence-electron chi connectivity index (χ3n) is 4.54. The number of alkyl halides is 1. The summed E-state index contributed by atoms with van der Waals surface area (Å²) in [7, 11) is 0. The molecule has 118 valence electrons. The summed E-state index contributed by atoms with van der Waals surface area (Å²) in [5.74, 6) is 0.662. The van der Waals surface area contributed by atoms with E-state index in [1.165, 1.54) is 6.33 Å². The third-order valence-corrected chi connectivity index (χ3v) is 4.54. The lowest BCUT2D eigenvalue weighted by Crippen LogP contribution is -2.37. The van der Waals surface area contributed by atoms with E-state index in [9.17, 15) is 14.6 Å². The van der Waals surface area contributed by atoms with E-state index in [1.807, 2.05) is 0 Å². The highest BCUT2D eigenvalue weighted by atomic mass is 19.1. The van der Waals surface area contributed by atoms with Crippen molar-refractivity contribution in [1.82, 2.24) is 14.9 Å². The first-order valence-electron chi connectivity index (χ1n) is 6.86. The Balaban J connectivity index is 2.05. The number of nitrogens with two attached hydrogens (primary N) is 1. The molecular formula is C14H18FN5O2. The van der Waals surface area contributed by atoms with E-state index in [4.69, 9.17) is 5.73 Å². The summed E-state index contributed by atoms with van der Waals surface area (Å²) in [5.41, 5.74) is 5.83. The molecule has 1 fully saturated rings. The topological polar surface area (TPSA) is 109 Å². The Labute approximate surface area is 126 Å². The summed E-state index contributed by atoms with van der Waals surface area (Å²) in [6.45, 7) is 6.34. The Bertz CT molecular complexity index is 677. The van der Waals surface area contributed by atoms with Gasteiger partial charge in [0.05, 0.1) is 36.2 Å². The number of aliphatic imine (C=N–C) groups is 1. The van der Waals surface area contributed by atoms with E-state index in [0.29, 0.717) is 22.8 Å². The molecule has 8 heteroatoms. The average molecular weight is 307 g/mol. The molecule has 0 radical (unpaired) electrons. The molecule has 1 saturated carbocycles. The minimum absolute atomic E-state index is 0.183. The second-order valence-corrected chi connectivity index (χ2v) is 5.67. The van der Waals surface area contributed by atoms with Crippen LogP contribution in [0.25, 0.3) is 5.70 Å². The maximum absolute atomic E-state index is 13.5. The van der Waals surface area contributed by atoms with Crippen LogP contribution in [-0.4, -0.2) is 45.1 Å². The number of halogens is 1. The molecule has 0 amide bonds. The van der Waals surface area contributed by atoms with Gasteiger partial charge in [0.25, 0.3) is 0 Å². The molecule has 0 spiro atoms. The number of rotatable bonds is 3. The van der Waals surface area contributed by atoms with Crippen LogP contribution in [0.3, 0.4) is 0 Å². The Hall–Kier alpha value is -2.19. The van der Waals surface area contributed by atoms with Crippen molar-refractivity contribution in [3.63, 3.8) is 0 Å². The molecule has 1 aromatic rings. The molecule has 3 atom stereocenters. The van der Waals surface area contributed by atoms with Crippen molar-refractivity contribution in [1.29, 1.82) is 0 Å². The number of fused-ring (bicyclic) bond motifs is 1. The highest BCUT2D eigenvalue weighted by molar-refractivity contribution is 5.93. The Kier molecular flexibility index (Phi) is 3.30. The van der Waals surface area contributed by atoms with Crippen LogP contribution in [0.4, 0.5) is 10.2 Å². The highest BCUT2D eigenvalue weighted by Gasteiger charge is 2.51. The summed E-state index contributed by atoms with van der Waals surface area (Å²) in [6.07, 6.45) is 0.735. The van der Waals surface area contributed by atoms with Crippen molar-refractivity contribution in [2.24, 2.45) is 16.1 Å². The lowest BCUT2D eigenvalue weighted by atomic mass is 9.83. The van der Waals surface area contributed by atoms with Crippen LogP contribution >= 0.6 is 0 Å². The number of aromatic nitrogens is 2. The fourth-order valence-electron chi connectivity index (χ4n) is 3.09. The smallest absolute Gasteiger partial charge is 0.199 e. The van der Waals surface area contributed by atoms with Gasteiger partial charge < -0.3 is 25.8 Å². The summed E-state index contributed by atoms with van der Waals surface area (Å²) >= 11 is 0. The van der Waals surface area contributed by atoms with E-state index in [1.54, 1.807) is 4.57 Å². The maximum Gasteiger partial charge on any atom is 0.199 e. The SMILES string of the molecule is C=C1NC(N)=Nc2c1ncn2[C@H]1C[C@H](O)[C@](CO)(CF)C1=C. The fourth-order valence-corrected chi connectivity index (χ4v) is 3.09. The monoisotopic (exact) mass is 307 g/mol. The van der Waals surface area contributed by atoms with Crippen molar-refractivity contribution in [3.05, 3.63) is 30.8 Å². The van der Waals surface area contributed by atoms with Gasteiger partial charge in [0.1, 0.15) is 12.4 Å². The van der Waals surface area contributed by atoms with Gasteiger partial charge in [0, 0.05) is 0 Å². The Morgan fingerprint density at radius 3 is 2.86 bits per heavy atom. The molecule has 22 heavy (non-hydrogen) atoms. The number of aliphatic hydroxyl groups is 2. The number of imidazole rings is 1. The van der Waals surface area contributed by atoms with Crippen molar-refractivity contribution in [3.8, 4) is 0 Å². The molecule has 3 rings (SSSR count). The van der Waals surface area contributed by atoms with E-state index in [2.05, 4.69) is 28.5 Å². The zero-order chi connectivity index (χ0) is 16.1. The van der Waals surface area contributed by atoms with Gasteiger partial charge in [-0.15, -0.1) is 0 Å². The third kappa shape index (κ3) is 1.80. The minimum Gasteiger partial charge on any atom is -0.395 e. The summed E-state index contributed by atoms with van der Waals surface area (Å²) < 4.78 is 15.1. The van der Waals surface area contributed by atoms with Crippen molar-refractivity contribution in [2.75, 3.05) is 13.3 Å². The van der Waals surface area contributed by atoms with E-state index >= 15 is 0 Å². The molecule has 7 nitrogen and oxygen atoms in total. The van der Waals surface area contributed by atoms with Crippen LogP contribution in [0.15, 0.2) is 30.1 Å². The molecule has 2 heterocycles. The summed E-state index contributed by atoms with van der Waals surface area (Å²) in [5, 5.41) is 22.5. The van der Waals surface area contributed by atoms with Crippen molar-refractivity contribution < 1.29 is 14.6 Å². The average Bonchev–Trinajstić information content (AvgIpc) is 2.99. The first-order valence-corrected chi connectivity index (χ1v) is 6.86. The quantitative estimate of drug-likeness (QED) is 0.597. The zero-order valence-corrected chi connectivity index (χ0v) is 12.0. The van der Waals surface area contributed by atoms with Crippen LogP contribution in [0, 0.1) is 5.41 Å². The van der Waals surface area contributed by atoms with Gasteiger partial charge in [0.15, 0.2) is 11.8 Å². The van der Waals surface area contributed by atoms with Gasteiger partial charge in [0.2, 0.25) is 0 Å². The molecule has 1 aliphatic carbocycles. The summed E-state index contributed by atoms with van der Waals surface area (Å²) in [4.78, 5) is 8.44. The number of hydrogen-bond donors (Lipinski definition) is 4. The molecule has 5 N–H and O–H groups in total.